The van der Waals surface area contributed by atoms with Crippen molar-refractivity contribution in [3.63, 3.8) is 0 Å². The molecule has 0 amide bonds. The molecule has 1 aromatic heterocycles. The highest BCUT2D eigenvalue weighted by Crippen LogP contribution is 2.66. The Labute approximate surface area is 341 Å². The number of fused-ring (bicyclic) bond motifs is 18. The first-order chi connectivity index (χ1) is 29.3. The van der Waals surface area contributed by atoms with Crippen molar-refractivity contribution < 1.29 is 0 Å². The second-order valence-electron chi connectivity index (χ2n) is 16.0. The SMILES string of the molecule is c1ccc(-c2ccc(-c3nc(-c4ccc5c6c(ccc5c4)-c4c(c5ccccc5c5ccccc45)C64c5ccccc5-c5ccccc54)nc4ccccc34)cc2)cc1. The maximum atomic E-state index is 5.34. The lowest BCUT2D eigenvalue weighted by atomic mass is 9.68. The Morgan fingerprint density at radius 1 is 0.322 bits per heavy atom. The molecule has 10 aromatic carbocycles. The summed E-state index contributed by atoms with van der Waals surface area (Å²) in [5.41, 5.74) is 16.5. The summed E-state index contributed by atoms with van der Waals surface area (Å²) < 4.78 is 0. The summed E-state index contributed by atoms with van der Waals surface area (Å²) in [6.07, 6.45) is 0. The second-order valence-corrected chi connectivity index (χ2v) is 16.0. The fraction of sp³-hybridized carbons (Fsp3) is 0.0175. The molecule has 0 saturated carbocycles. The van der Waals surface area contributed by atoms with Crippen molar-refractivity contribution in [3.05, 3.63) is 229 Å². The van der Waals surface area contributed by atoms with Crippen LogP contribution in [0.25, 0.3) is 99.2 Å². The molecule has 1 spiro atoms. The Bertz CT molecular complexity index is 3500. The van der Waals surface area contributed by atoms with E-state index in [0.717, 1.165) is 33.5 Å². The molecule has 0 fully saturated rings. The Balaban J connectivity index is 1.07. The standard InChI is InChI=1S/C57H34N2/c1-2-14-35(15-3-1)36-26-28-37(29-27-36)55-47-22-10-13-25-51(47)58-56(59-55)39-31-32-40-38(34-39)30-33-48-52-45-20-6-4-16-41(45)42-17-5-7-21-46(42)54(52)57(53(40)48)49-23-11-8-18-43(49)44-19-9-12-24-50(44)57/h1-34H. The average Bonchev–Trinajstić information content (AvgIpc) is 3.79. The van der Waals surface area contributed by atoms with Gasteiger partial charge in [0.05, 0.1) is 16.6 Å². The van der Waals surface area contributed by atoms with Crippen LogP contribution in [-0.2, 0) is 5.41 Å². The second kappa shape index (κ2) is 12.2. The van der Waals surface area contributed by atoms with Crippen molar-refractivity contribution in [2.45, 2.75) is 5.41 Å². The van der Waals surface area contributed by atoms with Crippen molar-refractivity contribution >= 4 is 43.2 Å². The third-order valence-corrected chi connectivity index (χ3v) is 13.1. The lowest BCUT2D eigenvalue weighted by Gasteiger charge is -2.32. The normalized spacial score (nSPS) is 13.2. The van der Waals surface area contributed by atoms with E-state index in [9.17, 15) is 0 Å². The van der Waals surface area contributed by atoms with E-state index in [-0.39, 0.29) is 0 Å². The average molecular weight is 747 g/mol. The van der Waals surface area contributed by atoms with Crippen LogP contribution in [-0.4, -0.2) is 9.97 Å². The van der Waals surface area contributed by atoms with Crippen molar-refractivity contribution in [3.8, 4) is 56.0 Å². The number of aromatic nitrogens is 2. The molecule has 0 atom stereocenters. The van der Waals surface area contributed by atoms with Gasteiger partial charge in [-0.05, 0) is 100 Å². The first-order valence-electron chi connectivity index (χ1n) is 20.4. The van der Waals surface area contributed by atoms with Gasteiger partial charge in [-0.25, -0.2) is 9.97 Å². The van der Waals surface area contributed by atoms with Gasteiger partial charge in [0, 0.05) is 16.5 Å². The molecule has 2 nitrogen and oxygen atoms in total. The zero-order chi connectivity index (χ0) is 38.7. The maximum absolute atomic E-state index is 5.34. The predicted molar refractivity (Wildman–Crippen MR) is 245 cm³/mol. The van der Waals surface area contributed by atoms with Crippen LogP contribution in [0.15, 0.2) is 206 Å². The van der Waals surface area contributed by atoms with Gasteiger partial charge in [-0.3, -0.25) is 0 Å². The highest BCUT2D eigenvalue weighted by Gasteiger charge is 2.53. The van der Waals surface area contributed by atoms with Crippen LogP contribution in [0.4, 0.5) is 0 Å². The van der Waals surface area contributed by atoms with Crippen molar-refractivity contribution in [2.24, 2.45) is 0 Å². The van der Waals surface area contributed by atoms with Gasteiger partial charge < -0.3 is 0 Å². The van der Waals surface area contributed by atoms with E-state index in [1.165, 1.54) is 88.0 Å². The van der Waals surface area contributed by atoms with Gasteiger partial charge in [0.25, 0.3) is 0 Å². The lowest BCUT2D eigenvalue weighted by Crippen LogP contribution is -2.26. The molecule has 0 aliphatic heterocycles. The van der Waals surface area contributed by atoms with E-state index >= 15 is 0 Å². The highest BCUT2D eigenvalue weighted by molar-refractivity contribution is 6.21. The van der Waals surface area contributed by atoms with E-state index in [2.05, 4.69) is 206 Å². The van der Waals surface area contributed by atoms with Crippen LogP contribution in [0.1, 0.15) is 22.3 Å². The smallest absolute Gasteiger partial charge is 0.160 e. The van der Waals surface area contributed by atoms with Gasteiger partial charge in [-0.2, -0.15) is 0 Å². The molecular formula is C57H34N2. The van der Waals surface area contributed by atoms with Crippen LogP contribution in [0.2, 0.25) is 0 Å². The Kier molecular flexibility index (Phi) is 6.68. The molecule has 0 N–H and O–H groups in total. The first kappa shape index (κ1) is 32.4. The van der Waals surface area contributed by atoms with Crippen LogP contribution in [0.3, 0.4) is 0 Å². The zero-order valence-corrected chi connectivity index (χ0v) is 32.0. The summed E-state index contributed by atoms with van der Waals surface area (Å²) in [5, 5.41) is 8.66. The quantitative estimate of drug-likeness (QED) is 0.168. The van der Waals surface area contributed by atoms with E-state index in [0.29, 0.717) is 0 Å². The minimum Gasteiger partial charge on any atom is -0.228 e. The number of hydrogen-bond acceptors (Lipinski definition) is 2. The Morgan fingerprint density at radius 3 is 1.63 bits per heavy atom. The summed E-state index contributed by atoms with van der Waals surface area (Å²) >= 11 is 0. The molecule has 0 saturated heterocycles. The number of benzene rings is 10. The van der Waals surface area contributed by atoms with Gasteiger partial charge in [0.15, 0.2) is 5.82 Å². The van der Waals surface area contributed by atoms with Crippen LogP contribution >= 0.6 is 0 Å². The van der Waals surface area contributed by atoms with Crippen molar-refractivity contribution in [1.82, 2.24) is 9.97 Å². The molecule has 2 aliphatic carbocycles. The number of nitrogens with zero attached hydrogens (tertiary/aromatic N) is 2. The summed E-state index contributed by atoms with van der Waals surface area (Å²) in [7, 11) is 0. The predicted octanol–water partition coefficient (Wildman–Crippen LogP) is 14.4. The largest absolute Gasteiger partial charge is 0.228 e. The third-order valence-electron chi connectivity index (χ3n) is 13.1. The molecule has 13 rings (SSSR count). The summed E-state index contributed by atoms with van der Waals surface area (Å²) in [4.78, 5) is 10.5. The number of hydrogen-bond donors (Lipinski definition) is 0. The lowest BCUT2D eigenvalue weighted by molar-refractivity contribution is 0.809. The van der Waals surface area contributed by atoms with Gasteiger partial charge >= 0.3 is 0 Å². The summed E-state index contributed by atoms with van der Waals surface area (Å²) in [5.74, 6) is 0.722. The molecule has 0 bridgehead atoms. The van der Waals surface area contributed by atoms with Crippen molar-refractivity contribution in [2.75, 3.05) is 0 Å². The number of rotatable bonds is 3. The van der Waals surface area contributed by atoms with E-state index in [1.807, 2.05) is 0 Å². The molecule has 11 aromatic rings. The van der Waals surface area contributed by atoms with Gasteiger partial charge in [0.2, 0.25) is 0 Å². The van der Waals surface area contributed by atoms with E-state index in [1.54, 1.807) is 0 Å². The molecule has 0 radical (unpaired) electrons. The van der Waals surface area contributed by atoms with E-state index < -0.39 is 5.41 Å². The molecule has 0 unspecified atom stereocenters. The number of para-hydroxylation sites is 1. The fourth-order valence-electron chi connectivity index (χ4n) is 10.7. The van der Waals surface area contributed by atoms with Gasteiger partial charge in [-0.15, -0.1) is 0 Å². The Morgan fingerprint density at radius 2 is 0.881 bits per heavy atom. The topological polar surface area (TPSA) is 25.8 Å². The van der Waals surface area contributed by atoms with Gasteiger partial charge in [-0.1, -0.05) is 194 Å². The molecule has 272 valence electrons. The zero-order valence-electron chi connectivity index (χ0n) is 32.0. The summed E-state index contributed by atoms with van der Waals surface area (Å²) in [6.45, 7) is 0. The third kappa shape index (κ3) is 4.40. The molecule has 1 heterocycles. The van der Waals surface area contributed by atoms with E-state index in [4.69, 9.17) is 9.97 Å². The minimum absolute atomic E-state index is 0.513. The molecule has 2 aliphatic rings. The molecular weight excluding hydrogens is 713 g/mol. The summed E-state index contributed by atoms with van der Waals surface area (Å²) in [6, 6.07) is 75.5. The highest BCUT2D eigenvalue weighted by atomic mass is 14.9. The van der Waals surface area contributed by atoms with Gasteiger partial charge in [0.1, 0.15) is 0 Å². The maximum Gasteiger partial charge on any atom is 0.160 e. The van der Waals surface area contributed by atoms with Crippen LogP contribution in [0, 0.1) is 0 Å². The first-order valence-corrected chi connectivity index (χ1v) is 20.4. The Hall–Kier alpha value is -7.68. The van der Waals surface area contributed by atoms with Crippen LogP contribution < -0.4 is 0 Å². The fourth-order valence-corrected chi connectivity index (χ4v) is 10.7. The van der Waals surface area contributed by atoms with Crippen molar-refractivity contribution in [1.29, 1.82) is 0 Å². The molecule has 2 heteroatoms. The minimum atomic E-state index is -0.513. The molecule has 59 heavy (non-hydrogen) atoms. The monoisotopic (exact) mass is 746 g/mol. The van der Waals surface area contributed by atoms with Crippen LogP contribution in [0.5, 0.6) is 0 Å².